The molecule has 0 aliphatic carbocycles. The Hall–Kier alpha value is -2.62. The summed E-state index contributed by atoms with van der Waals surface area (Å²) in [6.45, 7) is 0.285. The highest BCUT2D eigenvalue weighted by molar-refractivity contribution is 5.93. The molecule has 4 heteroatoms. The van der Waals surface area contributed by atoms with E-state index in [9.17, 15) is 9.59 Å². The van der Waals surface area contributed by atoms with Crippen LogP contribution in [0.3, 0.4) is 0 Å². The van der Waals surface area contributed by atoms with E-state index < -0.39 is 6.09 Å². The maximum absolute atomic E-state index is 12.5. The van der Waals surface area contributed by atoms with Gasteiger partial charge in [-0.15, -0.1) is 0 Å². The largest absolute Gasteiger partial charge is 0.447 e. The number of benzene rings is 2. The van der Waals surface area contributed by atoms with Gasteiger partial charge in [0.1, 0.15) is 6.61 Å². The third-order valence-corrected chi connectivity index (χ3v) is 4.74. The van der Waals surface area contributed by atoms with Crippen LogP contribution in [0.2, 0.25) is 0 Å². The van der Waals surface area contributed by atoms with Crippen molar-refractivity contribution in [3.8, 4) is 0 Å². The van der Waals surface area contributed by atoms with Gasteiger partial charge in [-0.1, -0.05) is 67.1 Å². The van der Waals surface area contributed by atoms with Crippen LogP contribution in [-0.2, 0) is 22.4 Å². The summed E-state index contributed by atoms with van der Waals surface area (Å²) in [5, 5.41) is 0. The first-order valence-electron chi connectivity index (χ1n) is 9.30. The molecule has 1 heterocycles. The number of hydrogen-bond acceptors (Lipinski definition) is 3. The quantitative estimate of drug-likeness (QED) is 0.663. The second-order valence-electron chi connectivity index (χ2n) is 6.73. The third-order valence-electron chi connectivity index (χ3n) is 4.74. The lowest BCUT2D eigenvalue weighted by molar-refractivity contribution is -0.129. The molecule has 0 saturated carbocycles. The van der Waals surface area contributed by atoms with Crippen molar-refractivity contribution in [1.29, 1.82) is 0 Å². The molecule has 26 heavy (non-hydrogen) atoms. The fraction of sp³-hybridized carbons (Fsp3) is 0.364. The van der Waals surface area contributed by atoms with Crippen LogP contribution >= 0.6 is 0 Å². The Bertz CT molecular complexity index is 715. The first-order valence-corrected chi connectivity index (χ1v) is 9.30. The van der Waals surface area contributed by atoms with Crippen LogP contribution in [0.4, 0.5) is 4.79 Å². The number of nitrogens with zero attached hydrogens (tertiary/aromatic N) is 1. The molecule has 0 spiro atoms. The lowest BCUT2D eigenvalue weighted by Gasteiger charge is -2.19. The van der Waals surface area contributed by atoms with E-state index >= 15 is 0 Å². The van der Waals surface area contributed by atoms with Gasteiger partial charge in [-0.2, -0.15) is 0 Å². The molecule has 1 atom stereocenters. The molecule has 0 radical (unpaired) electrons. The predicted molar refractivity (Wildman–Crippen MR) is 101 cm³/mol. The highest BCUT2D eigenvalue weighted by atomic mass is 16.6. The summed E-state index contributed by atoms with van der Waals surface area (Å²) in [7, 11) is 0. The maximum Gasteiger partial charge on any atom is 0.416 e. The topological polar surface area (TPSA) is 46.6 Å². The molecule has 3 rings (SSSR count). The Balaban J connectivity index is 1.44. The van der Waals surface area contributed by atoms with Gasteiger partial charge in [0.15, 0.2) is 0 Å². The highest BCUT2D eigenvalue weighted by Crippen LogP contribution is 2.19. The molecule has 4 nitrogen and oxygen atoms in total. The zero-order valence-electron chi connectivity index (χ0n) is 15.0. The van der Waals surface area contributed by atoms with Crippen molar-refractivity contribution in [3.63, 3.8) is 0 Å². The molecule has 1 fully saturated rings. The number of amides is 2. The minimum atomic E-state index is -0.500. The number of carbonyl (C=O) groups excluding carboxylic acids is 2. The molecule has 136 valence electrons. The van der Waals surface area contributed by atoms with E-state index in [1.54, 1.807) is 0 Å². The van der Waals surface area contributed by atoms with Crippen LogP contribution in [0, 0.1) is 0 Å². The fourth-order valence-electron chi connectivity index (χ4n) is 3.35. The molecular weight excluding hydrogens is 326 g/mol. The summed E-state index contributed by atoms with van der Waals surface area (Å²) in [6.07, 6.45) is 4.40. The second kappa shape index (κ2) is 9.18. The van der Waals surface area contributed by atoms with E-state index in [0.29, 0.717) is 12.8 Å². The summed E-state index contributed by atoms with van der Waals surface area (Å²) >= 11 is 0. The lowest BCUT2D eigenvalue weighted by atomic mass is 10.0. The number of hydrogen-bond donors (Lipinski definition) is 0. The van der Waals surface area contributed by atoms with Crippen molar-refractivity contribution in [2.75, 3.05) is 6.61 Å². The Morgan fingerprint density at radius 2 is 1.58 bits per heavy atom. The molecular formula is C22H25NO3. The summed E-state index contributed by atoms with van der Waals surface area (Å²) in [5.41, 5.74) is 2.43. The van der Waals surface area contributed by atoms with E-state index in [1.807, 2.05) is 48.5 Å². The molecule has 0 aromatic heterocycles. The first kappa shape index (κ1) is 18.2. The van der Waals surface area contributed by atoms with Crippen LogP contribution in [-0.4, -0.2) is 29.5 Å². The van der Waals surface area contributed by atoms with Crippen molar-refractivity contribution < 1.29 is 14.3 Å². The van der Waals surface area contributed by atoms with Gasteiger partial charge >= 0.3 is 6.09 Å². The molecule has 1 aliphatic rings. The van der Waals surface area contributed by atoms with Crippen LogP contribution in [0.15, 0.2) is 60.7 Å². The number of unbranched alkanes of at least 4 members (excludes halogenated alkanes) is 2. The zero-order chi connectivity index (χ0) is 18.2. The van der Waals surface area contributed by atoms with Gasteiger partial charge in [0.2, 0.25) is 5.91 Å². The van der Waals surface area contributed by atoms with E-state index in [1.165, 1.54) is 10.5 Å². The fourth-order valence-corrected chi connectivity index (χ4v) is 3.35. The van der Waals surface area contributed by atoms with Crippen molar-refractivity contribution in [3.05, 3.63) is 71.8 Å². The van der Waals surface area contributed by atoms with Gasteiger partial charge in [-0.3, -0.25) is 4.79 Å². The number of carbonyl (C=O) groups is 2. The minimum absolute atomic E-state index is 0.117. The molecule has 2 amide bonds. The predicted octanol–water partition coefficient (Wildman–Crippen LogP) is 4.38. The summed E-state index contributed by atoms with van der Waals surface area (Å²) < 4.78 is 5.12. The number of imide groups is 1. The molecule has 1 saturated heterocycles. The Kier molecular flexibility index (Phi) is 6.42. The molecule has 0 bridgehead atoms. The number of aryl methyl sites for hydroxylation is 1. The second-order valence-corrected chi connectivity index (χ2v) is 6.73. The molecule has 2 aromatic rings. The van der Waals surface area contributed by atoms with Crippen LogP contribution in [0.5, 0.6) is 0 Å². The van der Waals surface area contributed by atoms with Crippen LogP contribution in [0.1, 0.15) is 36.8 Å². The van der Waals surface area contributed by atoms with Crippen LogP contribution in [0.25, 0.3) is 0 Å². The molecule has 2 aromatic carbocycles. The Morgan fingerprint density at radius 1 is 0.923 bits per heavy atom. The van der Waals surface area contributed by atoms with Crippen LogP contribution < -0.4 is 0 Å². The summed E-state index contributed by atoms with van der Waals surface area (Å²) in [6, 6.07) is 20.1. The van der Waals surface area contributed by atoms with E-state index in [0.717, 1.165) is 31.2 Å². The normalized spacial score (nSPS) is 16.5. The highest BCUT2D eigenvalue weighted by Gasteiger charge is 2.37. The number of rotatable bonds is 8. The maximum atomic E-state index is 12.5. The minimum Gasteiger partial charge on any atom is -0.447 e. The zero-order valence-corrected chi connectivity index (χ0v) is 15.0. The molecule has 0 unspecified atom stereocenters. The van der Waals surface area contributed by atoms with Crippen molar-refractivity contribution in [2.24, 2.45) is 0 Å². The number of ether oxygens (including phenoxy) is 1. The smallest absolute Gasteiger partial charge is 0.416 e. The van der Waals surface area contributed by atoms with Gasteiger partial charge < -0.3 is 4.74 Å². The van der Waals surface area contributed by atoms with Gasteiger partial charge in [0.25, 0.3) is 0 Å². The Morgan fingerprint density at radius 3 is 2.27 bits per heavy atom. The average Bonchev–Trinajstić information content (AvgIpc) is 3.03. The summed E-state index contributed by atoms with van der Waals surface area (Å²) in [5.74, 6) is -0.117. The van der Waals surface area contributed by atoms with E-state index in [2.05, 4.69) is 12.1 Å². The van der Waals surface area contributed by atoms with E-state index in [-0.39, 0.29) is 18.6 Å². The monoisotopic (exact) mass is 351 g/mol. The van der Waals surface area contributed by atoms with E-state index in [4.69, 9.17) is 4.74 Å². The average molecular weight is 351 g/mol. The first-order chi connectivity index (χ1) is 12.7. The van der Waals surface area contributed by atoms with Gasteiger partial charge in [-0.25, -0.2) is 9.69 Å². The lowest BCUT2D eigenvalue weighted by Crippen LogP contribution is -2.40. The summed E-state index contributed by atoms with van der Waals surface area (Å²) in [4.78, 5) is 25.8. The van der Waals surface area contributed by atoms with Crippen molar-refractivity contribution >= 4 is 12.0 Å². The van der Waals surface area contributed by atoms with Gasteiger partial charge in [0.05, 0.1) is 6.04 Å². The van der Waals surface area contributed by atoms with Gasteiger partial charge in [-0.05, 0) is 36.8 Å². The Labute approximate surface area is 154 Å². The third kappa shape index (κ3) is 4.94. The SMILES string of the molecule is O=C(CCCCCc1ccccc1)N1C(=O)OC[C@@H]1Cc1ccccc1. The van der Waals surface area contributed by atoms with Crippen molar-refractivity contribution in [1.82, 2.24) is 4.90 Å². The number of cyclic esters (lactones) is 1. The molecule has 1 aliphatic heterocycles. The van der Waals surface area contributed by atoms with Gasteiger partial charge in [0, 0.05) is 6.42 Å². The standard InChI is InChI=1S/C22H25NO3/c24-21(15-9-3-6-12-18-10-4-1-5-11-18)23-20(17-26-22(23)25)16-19-13-7-2-8-14-19/h1-2,4-5,7-8,10-11,13-14,20H,3,6,9,12,15-17H2/t20-/m0/s1. The molecule has 0 N–H and O–H groups in total. The van der Waals surface area contributed by atoms with Crippen molar-refractivity contribution in [2.45, 2.75) is 44.6 Å².